The number of aryl methyl sites for hydroxylation is 1. The van der Waals surface area contributed by atoms with Crippen LogP contribution >= 0.6 is 11.3 Å². The molecule has 7 heteroatoms. The van der Waals surface area contributed by atoms with Crippen LogP contribution in [0.15, 0.2) is 12.4 Å². The Hall–Kier alpha value is -1.89. The average molecular weight is 279 g/mol. The standard InChI is InChI=1S/C12H17N5OS/c1-4-13-12-15-7-10(19-12)11(18)14-5-9-6-16-17(3)8(9)2/h6-7H,4-5H2,1-3H3,(H,13,15)(H,14,18). The predicted octanol–water partition coefficient (Wildman–Crippen LogP) is 1.55. The molecule has 0 aliphatic heterocycles. The summed E-state index contributed by atoms with van der Waals surface area (Å²) in [5.41, 5.74) is 2.07. The Labute approximate surface area is 115 Å². The number of hydrogen-bond donors (Lipinski definition) is 2. The lowest BCUT2D eigenvalue weighted by molar-refractivity contribution is 0.0954. The lowest BCUT2D eigenvalue weighted by Gasteiger charge is -2.02. The van der Waals surface area contributed by atoms with Gasteiger partial charge in [-0.25, -0.2) is 4.98 Å². The van der Waals surface area contributed by atoms with Crippen LogP contribution in [0, 0.1) is 6.92 Å². The van der Waals surface area contributed by atoms with Crippen LogP contribution in [-0.4, -0.2) is 27.2 Å². The highest BCUT2D eigenvalue weighted by Gasteiger charge is 2.11. The number of anilines is 1. The van der Waals surface area contributed by atoms with E-state index in [1.165, 1.54) is 11.3 Å². The van der Waals surface area contributed by atoms with Gasteiger partial charge in [0.05, 0.1) is 12.4 Å². The van der Waals surface area contributed by atoms with Crippen molar-refractivity contribution in [3.63, 3.8) is 0 Å². The average Bonchev–Trinajstić information content (AvgIpc) is 2.97. The fourth-order valence-electron chi connectivity index (χ4n) is 1.59. The van der Waals surface area contributed by atoms with Gasteiger partial charge in [-0.1, -0.05) is 11.3 Å². The van der Waals surface area contributed by atoms with E-state index >= 15 is 0 Å². The summed E-state index contributed by atoms with van der Waals surface area (Å²) in [6.07, 6.45) is 3.36. The molecule has 2 heterocycles. The second kappa shape index (κ2) is 5.83. The number of hydrogen-bond acceptors (Lipinski definition) is 5. The maximum atomic E-state index is 12.0. The fraction of sp³-hybridized carbons (Fsp3) is 0.417. The number of nitrogens with zero attached hydrogens (tertiary/aromatic N) is 3. The van der Waals surface area contributed by atoms with Crippen molar-refractivity contribution in [2.24, 2.45) is 7.05 Å². The van der Waals surface area contributed by atoms with Gasteiger partial charge in [0.25, 0.3) is 5.91 Å². The molecule has 0 saturated carbocycles. The molecule has 0 fully saturated rings. The molecule has 6 nitrogen and oxygen atoms in total. The first-order valence-corrected chi connectivity index (χ1v) is 6.88. The summed E-state index contributed by atoms with van der Waals surface area (Å²) in [7, 11) is 1.88. The SMILES string of the molecule is CCNc1ncc(C(=O)NCc2cnn(C)c2C)s1. The fourth-order valence-corrected chi connectivity index (χ4v) is 2.39. The van der Waals surface area contributed by atoms with Gasteiger partial charge in [0, 0.05) is 31.4 Å². The first-order valence-electron chi connectivity index (χ1n) is 6.07. The molecule has 0 spiro atoms. The van der Waals surface area contributed by atoms with Crippen LogP contribution in [0.4, 0.5) is 5.13 Å². The third-order valence-electron chi connectivity index (χ3n) is 2.83. The summed E-state index contributed by atoms with van der Waals surface area (Å²) in [6.45, 7) is 5.24. The van der Waals surface area contributed by atoms with Crippen LogP contribution < -0.4 is 10.6 Å². The minimum atomic E-state index is -0.107. The third kappa shape index (κ3) is 3.11. The zero-order chi connectivity index (χ0) is 13.8. The zero-order valence-electron chi connectivity index (χ0n) is 11.2. The van der Waals surface area contributed by atoms with E-state index in [2.05, 4.69) is 20.7 Å². The molecule has 0 aromatic carbocycles. The topological polar surface area (TPSA) is 71.8 Å². The van der Waals surface area contributed by atoms with Gasteiger partial charge in [-0.2, -0.15) is 5.10 Å². The smallest absolute Gasteiger partial charge is 0.263 e. The van der Waals surface area contributed by atoms with E-state index in [-0.39, 0.29) is 5.91 Å². The molecule has 19 heavy (non-hydrogen) atoms. The maximum Gasteiger partial charge on any atom is 0.263 e. The molecule has 0 radical (unpaired) electrons. The van der Waals surface area contributed by atoms with Crippen molar-refractivity contribution in [3.05, 3.63) is 28.5 Å². The molecule has 2 N–H and O–H groups in total. The molecule has 0 bridgehead atoms. The van der Waals surface area contributed by atoms with Gasteiger partial charge >= 0.3 is 0 Å². The molecule has 0 saturated heterocycles. The van der Waals surface area contributed by atoms with Gasteiger partial charge in [-0.3, -0.25) is 9.48 Å². The van der Waals surface area contributed by atoms with Gasteiger partial charge < -0.3 is 10.6 Å². The Kier molecular flexibility index (Phi) is 4.16. The third-order valence-corrected chi connectivity index (χ3v) is 3.79. The molecule has 102 valence electrons. The zero-order valence-corrected chi connectivity index (χ0v) is 12.0. The van der Waals surface area contributed by atoms with Crippen molar-refractivity contribution in [3.8, 4) is 0 Å². The summed E-state index contributed by atoms with van der Waals surface area (Å²) in [5, 5.41) is 10.9. The van der Waals surface area contributed by atoms with E-state index in [1.54, 1.807) is 17.1 Å². The van der Waals surface area contributed by atoms with Gasteiger partial charge in [0.2, 0.25) is 0 Å². The monoisotopic (exact) mass is 279 g/mol. The summed E-state index contributed by atoms with van der Waals surface area (Å²) in [5.74, 6) is -0.107. The van der Waals surface area contributed by atoms with Crippen LogP contribution in [0.25, 0.3) is 0 Å². The van der Waals surface area contributed by atoms with Crippen LogP contribution in [0.5, 0.6) is 0 Å². The van der Waals surface area contributed by atoms with Gasteiger partial charge in [0.1, 0.15) is 4.88 Å². The minimum Gasteiger partial charge on any atom is -0.362 e. The predicted molar refractivity (Wildman–Crippen MR) is 75.4 cm³/mol. The Bertz CT molecular complexity index is 574. The number of amides is 1. The summed E-state index contributed by atoms with van der Waals surface area (Å²) < 4.78 is 1.79. The van der Waals surface area contributed by atoms with Crippen LogP contribution in [0.3, 0.4) is 0 Å². The number of thiazole rings is 1. The largest absolute Gasteiger partial charge is 0.362 e. The molecule has 0 atom stereocenters. The maximum absolute atomic E-state index is 12.0. The number of rotatable bonds is 5. The molecule has 0 aliphatic rings. The molecular weight excluding hydrogens is 262 g/mol. The van der Waals surface area contributed by atoms with Crippen molar-refractivity contribution < 1.29 is 4.79 Å². The number of carbonyl (C=O) groups is 1. The van der Waals surface area contributed by atoms with Crippen molar-refractivity contribution in [1.29, 1.82) is 0 Å². The van der Waals surface area contributed by atoms with E-state index < -0.39 is 0 Å². The first kappa shape index (κ1) is 13.5. The summed E-state index contributed by atoms with van der Waals surface area (Å²) in [4.78, 5) is 16.7. The lowest BCUT2D eigenvalue weighted by Crippen LogP contribution is -2.22. The molecule has 0 unspecified atom stereocenters. The minimum absolute atomic E-state index is 0.107. The van der Waals surface area contributed by atoms with E-state index in [1.807, 2.05) is 20.9 Å². The Morgan fingerprint density at radius 1 is 1.47 bits per heavy atom. The highest BCUT2D eigenvalue weighted by molar-refractivity contribution is 7.17. The highest BCUT2D eigenvalue weighted by atomic mass is 32.1. The normalized spacial score (nSPS) is 10.5. The summed E-state index contributed by atoms with van der Waals surface area (Å²) in [6, 6.07) is 0. The molecule has 2 aromatic heterocycles. The van der Waals surface area contributed by atoms with Crippen molar-refractivity contribution >= 4 is 22.4 Å². The lowest BCUT2D eigenvalue weighted by atomic mass is 10.2. The number of carbonyl (C=O) groups excluding carboxylic acids is 1. The van der Waals surface area contributed by atoms with Crippen molar-refractivity contribution in [1.82, 2.24) is 20.1 Å². The van der Waals surface area contributed by atoms with Crippen LogP contribution in [0.2, 0.25) is 0 Å². The van der Waals surface area contributed by atoms with E-state index in [4.69, 9.17) is 0 Å². The van der Waals surface area contributed by atoms with Crippen molar-refractivity contribution in [2.75, 3.05) is 11.9 Å². The van der Waals surface area contributed by atoms with Gasteiger partial charge in [-0.05, 0) is 13.8 Å². The second-order valence-corrected chi connectivity index (χ2v) is 5.15. The van der Waals surface area contributed by atoms with Gasteiger partial charge in [-0.15, -0.1) is 0 Å². The number of aromatic nitrogens is 3. The van der Waals surface area contributed by atoms with E-state index in [9.17, 15) is 4.79 Å². The second-order valence-electron chi connectivity index (χ2n) is 4.12. The molecule has 2 rings (SSSR count). The molecule has 2 aromatic rings. The molecular formula is C12H17N5OS. The Balaban J connectivity index is 1.95. The quantitative estimate of drug-likeness (QED) is 0.871. The summed E-state index contributed by atoms with van der Waals surface area (Å²) >= 11 is 1.36. The van der Waals surface area contributed by atoms with E-state index in [0.29, 0.717) is 11.4 Å². The van der Waals surface area contributed by atoms with Crippen molar-refractivity contribution in [2.45, 2.75) is 20.4 Å². The Morgan fingerprint density at radius 2 is 2.26 bits per heavy atom. The highest BCUT2D eigenvalue weighted by Crippen LogP contribution is 2.17. The van der Waals surface area contributed by atoms with Crippen LogP contribution in [-0.2, 0) is 13.6 Å². The molecule has 1 amide bonds. The molecule has 0 aliphatic carbocycles. The van der Waals surface area contributed by atoms with Crippen LogP contribution in [0.1, 0.15) is 27.9 Å². The van der Waals surface area contributed by atoms with Gasteiger partial charge in [0.15, 0.2) is 5.13 Å². The first-order chi connectivity index (χ1) is 9.11. The van der Waals surface area contributed by atoms with E-state index in [0.717, 1.165) is 22.9 Å². The number of nitrogens with one attached hydrogen (secondary N) is 2. The Morgan fingerprint density at radius 3 is 2.89 bits per heavy atom.